The first-order valence-electron chi connectivity index (χ1n) is 25.4. The molecule has 1 aliphatic carbocycles. The Morgan fingerprint density at radius 1 is 0.695 bits per heavy atom. The van der Waals surface area contributed by atoms with Crippen molar-refractivity contribution >= 4 is 91.0 Å². The Bertz CT molecular complexity index is 3400. The maximum Gasteiger partial charge on any atom is 2.00 e. The molecule has 2 atom stereocenters. The van der Waals surface area contributed by atoms with Crippen molar-refractivity contribution in [3.63, 3.8) is 0 Å². The molecule has 1 saturated carbocycles. The van der Waals surface area contributed by atoms with Gasteiger partial charge in [0.15, 0.2) is 0 Å². The van der Waals surface area contributed by atoms with Crippen molar-refractivity contribution in [1.82, 2.24) is 19.1 Å². The van der Waals surface area contributed by atoms with Gasteiger partial charge in [-0.3, -0.25) is 4.79 Å². The fourth-order valence-corrected chi connectivity index (χ4v) is 8.88. The maximum absolute atomic E-state index is 14.7. The smallest absolute Gasteiger partial charge is 0.481 e. The number of ether oxygens (including phenoxy) is 4. The minimum atomic E-state index is -0.833. The van der Waals surface area contributed by atoms with Crippen LogP contribution in [0.15, 0.2) is 116 Å². The maximum atomic E-state index is 14.7. The molecule has 1 aliphatic rings. The molecule has 0 amide bonds. The third-order valence-electron chi connectivity index (χ3n) is 12.2. The van der Waals surface area contributed by atoms with Crippen LogP contribution in [0.5, 0.6) is 11.8 Å². The van der Waals surface area contributed by atoms with Crippen molar-refractivity contribution in [2.24, 2.45) is 5.92 Å². The van der Waals surface area contributed by atoms with Crippen LogP contribution in [-0.4, -0.2) is 72.0 Å². The number of aromatic nitrogens is 4. The molecule has 434 valence electrons. The third kappa shape index (κ3) is 18.2. The van der Waals surface area contributed by atoms with Gasteiger partial charge in [0.1, 0.15) is 34.7 Å². The molecule has 19 heteroatoms. The van der Waals surface area contributed by atoms with Gasteiger partial charge in [-0.1, -0.05) is 95.9 Å². The van der Waals surface area contributed by atoms with Crippen LogP contribution in [0.3, 0.4) is 0 Å². The second-order valence-corrected chi connectivity index (χ2v) is 21.6. The molecule has 2 unspecified atom stereocenters. The van der Waals surface area contributed by atoms with Gasteiger partial charge >= 0.3 is 31.4 Å². The Kier molecular flexibility index (Phi) is 31.3. The van der Waals surface area contributed by atoms with E-state index in [-0.39, 0.29) is 75.7 Å². The van der Waals surface area contributed by atoms with E-state index in [1.165, 1.54) is 46.5 Å². The molecule has 4 aromatic heterocycles. The Morgan fingerprint density at radius 2 is 1.10 bits per heavy atom. The average molecular weight is 1410 g/mol. The predicted molar refractivity (Wildman–Crippen MR) is 333 cm³/mol. The average Bonchev–Trinajstić information content (AvgIpc) is 4.23. The number of alkyl halides is 2. The van der Waals surface area contributed by atoms with Gasteiger partial charge in [0, 0.05) is 86.6 Å². The Morgan fingerprint density at radius 3 is 1.46 bits per heavy atom. The first-order chi connectivity index (χ1) is 38.5. The Labute approximate surface area is 519 Å². The van der Waals surface area contributed by atoms with E-state index in [1.807, 2.05) is 55.5 Å². The topological polar surface area (TPSA) is 144 Å². The third-order valence-corrected chi connectivity index (χ3v) is 12.2. The molecular weight excluding hydrogens is 1340 g/mol. The number of allylic oxidation sites excluding steroid dienone is 1. The number of benzene rings is 4. The van der Waals surface area contributed by atoms with E-state index in [1.54, 1.807) is 61.4 Å². The number of methoxy groups -OCH3 is 2. The Balaban J connectivity index is 0.000000467. The number of fused-ring (bicyclic) bond motifs is 2. The quantitative estimate of drug-likeness (QED) is 0.0279. The zero-order chi connectivity index (χ0) is 59.2. The molecule has 9 rings (SSSR count). The minimum Gasteiger partial charge on any atom is -0.481 e. The molecule has 12 nitrogen and oxygen atoms in total. The first kappa shape index (κ1) is 71.9. The molecular formula is C63H70F4I2N4O8Zn. The molecule has 0 aliphatic heterocycles. The molecule has 0 spiro atoms. The van der Waals surface area contributed by atoms with Gasteiger partial charge in [-0.05, 0) is 111 Å². The number of nitrogens with zero attached hydrogens (tertiary/aromatic N) is 4. The van der Waals surface area contributed by atoms with Gasteiger partial charge in [-0.15, -0.1) is 0 Å². The predicted octanol–water partition coefficient (Wildman–Crippen LogP) is 16.8. The molecule has 0 bridgehead atoms. The summed E-state index contributed by atoms with van der Waals surface area (Å²) < 4.78 is 82.9. The summed E-state index contributed by atoms with van der Waals surface area (Å²) in [5.74, 6) is -2.84. The summed E-state index contributed by atoms with van der Waals surface area (Å²) in [6, 6.07) is 25.9. The number of hydrogen-bond acceptors (Lipinski definition) is 9. The summed E-state index contributed by atoms with van der Waals surface area (Å²) in [5.41, 5.74) is 7.03. The van der Waals surface area contributed by atoms with Crippen molar-refractivity contribution in [3.8, 4) is 34.0 Å². The fraction of sp³-hybridized carbons (Fsp3) is 0.286. The van der Waals surface area contributed by atoms with Crippen molar-refractivity contribution < 1.29 is 75.5 Å². The van der Waals surface area contributed by atoms with Gasteiger partial charge < -0.3 is 47.0 Å². The van der Waals surface area contributed by atoms with Crippen LogP contribution in [0, 0.1) is 43.0 Å². The number of esters is 2. The van der Waals surface area contributed by atoms with Gasteiger partial charge in [0.25, 0.3) is 5.97 Å². The van der Waals surface area contributed by atoms with Crippen LogP contribution in [0.25, 0.3) is 50.1 Å². The number of carbonyl (C=O) groups is 3. The molecule has 0 radical (unpaired) electrons. The SMILES string of the molecule is C.C/C=C\c1ccc2c(c1)c(-c1cccnc1OC)c(C(=O)OCC)n2Cc1ccc(F)cc1F.CC(=O)O.CCOC(=O)c1c(-c2cccnc2OC)c2cc(C3CC3C)ccc2n1Cc1ccc(F)cc1F.ICI.[CH2-]C.[CH2-]C.[Zn+2]. The largest absolute Gasteiger partial charge is 2.00 e. The summed E-state index contributed by atoms with van der Waals surface area (Å²) in [6.07, 6.45) is 8.21. The standard InChI is InChI=1S/C28H26F2N2O3.C27H24F2N2O3.C2H4O2.2C2H5.CH2I2.CH4.Zn/c1-4-35-28(33)26-25(20-6-5-11-31-27(20)34-3)22-13-17(21-12-16(21)2)8-10-24(22)32(26)15-18-7-9-19(29)14-23(18)30;1-4-7-17-9-12-23-21(14-17)24(20-8-6-13-30-26(20)33-3)25(27(32)34-5-2)31(23)16-18-10-11-19(28)15-22(18)29;1-2(3)4;2*1-2;2-1-3;;/h5-11,13-14,16,21H,4,12,15H2,1-3H3;4,6-15H,5,16H2,1-3H3;1H3,(H,3,4);2*1H2,2H3;1H2;1H4;/q;;;2*-1;;;+2/b;7-4-;;;;;;. The molecule has 8 aromatic rings. The number of carbonyl (C=O) groups excluding carboxylic acids is 2. The summed E-state index contributed by atoms with van der Waals surface area (Å²) in [7, 11) is 3.04. The van der Waals surface area contributed by atoms with Crippen LogP contribution in [-0.2, 0) is 46.8 Å². The monoisotopic (exact) mass is 1400 g/mol. The van der Waals surface area contributed by atoms with E-state index in [2.05, 4.69) is 88.1 Å². The number of carboxylic acids is 1. The van der Waals surface area contributed by atoms with Crippen molar-refractivity contribution in [3.05, 3.63) is 186 Å². The molecule has 0 saturated heterocycles. The summed E-state index contributed by atoms with van der Waals surface area (Å²) >= 11 is 4.55. The van der Waals surface area contributed by atoms with E-state index in [0.717, 1.165) is 47.3 Å². The number of rotatable bonds is 14. The van der Waals surface area contributed by atoms with Crippen LogP contribution in [0.4, 0.5) is 17.6 Å². The molecule has 4 aromatic carbocycles. The number of hydrogen-bond donors (Lipinski definition) is 1. The Hall–Kier alpha value is -6.19. The van der Waals surface area contributed by atoms with Gasteiger partial charge in [0.05, 0.1) is 43.0 Å². The molecule has 82 heavy (non-hydrogen) atoms. The number of halogens is 6. The van der Waals surface area contributed by atoms with Crippen LogP contribution in [0.1, 0.15) is 111 Å². The normalized spacial score (nSPS) is 12.6. The number of aliphatic carboxylic acids is 1. The summed E-state index contributed by atoms with van der Waals surface area (Å²) in [5, 5.41) is 9.01. The van der Waals surface area contributed by atoms with Crippen molar-refractivity contribution in [2.75, 3.05) is 29.9 Å². The van der Waals surface area contributed by atoms with Crippen molar-refractivity contribution in [2.45, 2.75) is 81.3 Å². The van der Waals surface area contributed by atoms with E-state index in [9.17, 15) is 27.2 Å². The number of pyridine rings is 2. The van der Waals surface area contributed by atoms with Crippen LogP contribution >= 0.6 is 45.2 Å². The fourth-order valence-electron chi connectivity index (χ4n) is 8.88. The summed E-state index contributed by atoms with van der Waals surface area (Å²) in [6.45, 7) is 19.0. The number of carboxylic acid groups (broad SMARTS) is 1. The van der Waals surface area contributed by atoms with E-state index in [0.29, 0.717) is 51.4 Å². The van der Waals surface area contributed by atoms with Crippen LogP contribution < -0.4 is 9.47 Å². The molecule has 1 fully saturated rings. The van der Waals surface area contributed by atoms with E-state index >= 15 is 0 Å². The second kappa shape index (κ2) is 35.7. The van der Waals surface area contributed by atoms with Gasteiger partial charge in [-0.25, -0.2) is 37.1 Å². The first-order valence-corrected chi connectivity index (χ1v) is 28.5. The van der Waals surface area contributed by atoms with Gasteiger partial charge in [0.2, 0.25) is 11.8 Å². The zero-order valence-electron chi connectivity index (χ0n) is 46.9. The van der Waals surface area contributed by atoms with E-state index < -0.39 is 41.2 Å². The van der Waals surface area contributed by atoms with Gasteiger partial charge in [-0.2, -0.15) is 13.8 Å². The zero-order valence-corrected chi connectivity index (χ0v) is 54.2. The van der Waals surface area contributed by atoms with Crippen LogP contribution in [0.2, 0.25) is 0 Å². The second-order valence-electron chi connectivity index (χ2n) is 17.1. The minimum absolute atomic E-state index is 0. The molecule has 4 heterocycles. The summed E-state index contributed by atoms with van der Waals surface area (Å²) in [4.78, 5) is 44.3. The van der Waals surface area contributed by atoms with Crippen molar-refractivity contribution in [1.29, 1.82) is 0 Å². The molecule has 1 N–H and O–H groups in total. The van der Waals surface area contributed by atoms with E-state index in [4.69, 9.17) is 28.8 Å².